The highest BCUT2D eigenvalue weighted by atomic mass is 19.4. The maximum absolute atomic E-state index is 13.5. The van der Waals surface area contributed by atoms with Crippen molar-refractivity contribution in [3.05, 3.63) is 42.3 Å². The molecule has 6 nitrogen and oxygen atoms in total. The van der Waals surface area contributed by atoms with Crippen LogP contribution in [0.15, 0.2) is 42.3 Å². The molecule has 0 spiro atoms. The smallest absolute Gasteiger partial charge is 0.431 e. The molecule has 0 N–H and O–H groups in total. The Labute approximate surface area is 172 Å². The molecule has 1 fully saturated rings. The van der Waals surface area contributed by atoms with Gasteiger partial charge >= 0.3 is 6.18 Å². The highest BCUT2D eigenvalue weighted by Crippen LogP contribution is 2.40. The van der Waals surface area contributed by atoms with Gasteiger partial charge in [0.1, 0.15) is 17.7 Å². The van der Waals surface area contributed by atoms with Gasteiger partial charge in [0, 0.05) is 37.3 Å². The number of nitrogens with zero attached hydrogens (tertiary/aromatic N) is 4. The molecule has 30 heavy (non-hydrogen) atoms. The van der Waals surface area contributed by atoms with Crippen molar-refractivity contribution in [2.75, 3.05) is 38.2 Å². The third-order valence-corrected chi connectivity index (χ3v) is 5.64. The first kappa shape index (κ1) is 20.5. The Morgan fingerprint density at radius 2 is 2.03 bits per heavy atom. The molecule has 0 bridgehead atoms. The minimum absolute atomic E-state index is 0.108. The monoisotopic (exact) mass is 420 g/mol. The van der Waals surface area contributed by atoms with Crippen LogP contribution in [0.3, 0.4) is 0 Å². The summed E-state index contributed by atoms with van der Waals surface area (Å²) in [6, 6.07) is 3.59. The van der Waals surface area contributed by atoms with Gasteiger partial charge in [-0.2, -0.15) is 18.3 Å². The molecule has 1 saturated heterocycles. The number of allylic oxidation sites excluding steroid dienone is 3. The fourth-order valence-corrected chi connectivity index (χ4v) is 4.08. The number of hydrogen-bond acceptors (Lipinski definition) is 5. The molecular weight excluding hydrogens is 397 g/mol. The summed E-state index contributed by atoms with van der Waals surface area (Å²) in [5, 5.41) is 5.41. The van der Waals surface area contributed by atoms with E-state index in [1.165, 1.54) is 18.1 Å². The van der Waals surface area contributed by atoms with Crippen molar-refractivity contribution in [2.24, 2.45) is 0 Å². The van der Waals surface area contributed by atoms with Gasteiger partial charge in [0.15, 0.2) is 0 Å². The number of halogens is 3. The standard InChI is InChI=1S/C21H23F3N4O2/c1-30-19-13-17-15(12-18(19)27-7-3-2-4-20(27)21(22,23)24)14-28(25-17)16-5-8-26(9-6-16)10-11-29/h2-4,11-14,16H,5-10H2,1H3. The largest absolute Gasteiger partial charge is 0.494 e. The van der Waals surface area contributed by atoms with Crippen molar-refractivity contribution in [3.63, 3.8) is 0 Å². The summed E-state index contributed by atoms with van der Waals surface area (Å²) in [6.07, 6.45) is 4.22. The van der Waals surface area contributed by atoms with E-state index in [1.54, 1.807) is 18.2 Å². The van der Waals surface area contributed by atoms with Gasteiger partial charge in [0.2, 0.25) is 0 Å². The Morgan fingerprint density at radius 3 is 2.70 bits per heavy atom. The summed E-state index contributed by atoms with van der Waals surface area (Å²) in [5.41, 5.74) is 0.312. The van der Waals surface area contributed by atoms with Crippen LogP contribution < -0.4 is 9.64 Å². The number of carbonyl (C=O) groups excluding carboxylic acids is 1. The van der Waals surface area contributed by atoms with Gasteiger partial charge in [-0.05, 0) is 25.0 Å². The molecule has 4 rings (SSSR count). The molecule has 9 heteroatoms. The third-order valence-electron chi connectivity index (χ3n) is 5.64. The second-order valence-electron chi connectivity index (χ2n) is 7.48. The van der Waals surface area contributed by atoms with E-state index < -0.39 is 11.9 Å². The molecule has 0 aliphatic carbocycles. The molecule has 160 valence electrons. The number of aldehydes is 1. The number of carbonyl (C=O) groups is 1. The quantitative estimate of drug-likeness (QED) is 0.691. The molecule has 1 aromatic heterocycles. The fraction of sp³-hybridized carbons (Fsp3) is 0.429. The van der Waals surface area contributed by atoms with Crippen molar-refractivity contribution in [2.45, 2.75) is 25.1 Å². The van der Waals surface area contributed by atoms with E-state index >= 15 is 0 Å². The molecule has 0 unspecified atom stereocenters. The number of alkyl halides is 3. The lowest BCUT2D eigenvalue weighted by Gasteiger charge is -2.30. The molecular formula is C21H23F3N4O2. The van der Waals surface area contributed by atoms with Gasteiger partial charge in [-0.25, -0.2) is 0 Å². The van der Waals surface area contributed by atoms with Crippen LogP contribution in [-0.2, 0) is 4.79 Å². The van der Waals surface area contributed by atoms with Gasteiger partial charge in [-0.1, -0.05) is 12.2 Å². The summed E-state index contributed by atoms with van der Waals surface area (Å²) < 4.78 is 47.9. The van der Waals surface area contributed by atoms with Crippen LogP contribution in [-0.4, -0.2) is 60.4 Å². The average molecular weight is 420 g/mol. The van der Waals surface area contributed by atoms with Crippen LogP contribution in [0.2, 0.25) is 0 Å². The summed E-state index contributed by atoms with van der Waals surface area (Å²) in [7, 11) is 1.45. The molecule has 0 atom stereocenters. The molecule has 2 aliphatic rings. The van der Waals surface area contributed by atoms with Gasteiger partial charge in [-0.3, -0.25) is 9.58 Å². The Hall–Kier alpha value is -2.81. The minimum atomic E-state index is -4.47. The molecule has 3 heterocycles. The summed E-state index contributed by atoms with van der Waals surface area (Å²) in [6.45, 7) is 2.17. The normalized spacial score (nSPS) is 18.7. The van der Waals surface area contributed by atoms with E-state index in [4.69, 9.17) is 4.74 Å². The van der Waals surface area contributed by atoms with Crippen molar-refractivity contribution < 1.29 is 22.7 Å². The number of fused-ring (bicyclic) bond motifs is 1. The van der Waals surface area contributed by atoms with Crippen molar-refractivity contribution in [3.8, 4) is 5.75 Å². The topological polar surface area (TPSA) is 50.6 Å². The van der Waals surface area contributed by atoms with Crippen molar-refractivity contribution >= 4 is 22.9 Å². The summed E-state index contributed by atoms with van der Waals surface area (Å²) in [4.78, 5) is 14.0. The predicted molar refractivity (Wildman–Crippen MR) is 108 cm³/mol. The number of methoxy groups -OCH3 is 1. The van der Waals surface area contributed by atoms with Crippen molar-refractivity contribution in [1.82, 2.24) is 14.7 Å². The number of benzene rings is 1. The van der Waals surface area contributed by atoms with Gasteiger partial charge < -0.3 is 14.4 Å². The Bertz CT molecular complexity index is 988. The van der Waals surface area contributed by atoms with Crippen LogP contribution in [0.5, 0.6) is 5.75 Å². The van der Waals surface area contributed by atoms with E-state index in [9.17, 15) is 18.0 Å². The van der Waals surface area contributed by atoms with E-state index in [0.29, 0.717) is 23.5 Å². The second kappa shape index (κ2) is 8.14. The highest BCUT2D eigenvalue weighted by Gasteiger charge is 2.39. The van der Waals surface area contributed by atoms with Crippen LogP contribution in [0.1, 0.15) is 18.9 Å². The van der Waals surface area contributed by atoms with Crippen LogP contribution in [0, 0.1) is 0 Å². The number of anilines is 1. The van der Waals surface area contributed by atoms with E-state index in [2.05, 4.69) is 10.00 Å². The number of aromatic nitrogens is 2. The van der Waals surface area contributed by atoms with E-state index in [-0.39, 0.29) is 12.6 Å². The summed E-state index contributed by atoms with van der Waals surface area (Å²) in [5.74, 6) is 0.346. The van der Waals surface area contributed by atoms with E-state index in [1.807, 2.05) is 10.9 Å². The number of piperidine rings is 1. The molecule has 2 aliphatic heterocycles. The second-order valence-corrected chi connectivity index (χ2v) is 7.48. The Morgan fingerprint density at radius 1 is 1.27 bits per heavy atom. The van der Waals surface area contributed by atoms with E-state index in [0.717, 1.165) is 43.7 Å². The number of rotatable bonds is 5. The minimum Gasteiger partial charge on any atom is -0.494 e. The lowest BCUT2D eigenvalue weighted by molar-refractivity contribution is -0.109. The molecule has 1 aromatic carbocycles. The van der Waals surface area contributed by atoms with Gasteiger partial charge in [-0.15, -0.1) is 0 Å². The van der Waals surface area contributed by atoms with Crippen LogP contribution in [0.25, 0.3) is 10.9 Å². The summed E-state index contributed by atoms with van der Waals surface area (Å²) >= 11 is 0. The first-order chi connectivity index (χ1) is 14.4. The zero-order valence-electron chi connectivity index (χ0n) is 16.6. The molecule has 0 radical (unpaired) electrons. The molecule has 2 aromatic rings. The van der Waals surface area contributed by atoms with Gasteiger partial charge in [0.25, 0.3) is 0 Å². The van der Waals surface area contributed by atoms with Crippen LogP contribution in [0.4, 0.5) is 18.9 Å². The maximum atomic E-state index is 13.5. The fourth-order valence-electron chi connectivity index (χ4n) is 4.08. The zero-order valence-corrected chi connectivity index (χ0v) is 16.6. The van der Waals surface area contributed by atoms with Crippen molar-refractivity contribution in [1.29, 1.82) is 0 Å². The lowest BCUT2D eigenvalue weighted by atomic mass is 10.1. The number of hydrogen-bond donors (Lipinski definition) is 0. The first-order valence-electron chi connectivity index (χ1n) is 9.85. The third kappa shape index (κ3) is 3.94. The van der Waals surface area contributed by atoms with Gasteiger partial charge in [0.05, 0.1) is 30.9 Å². The molecule has 0 amide bonds. The Balaban J connectivity index is 1.65. The lowest BCUT2D eigenvalue weighted by Crippen LogP contribution is -2.35. The number of ether oxygens (including phenoxy) is 1. The SMILES string of the molecule is COc1cc2nn(C3CCN(CC=O)CC3)cc2cc1N1CC=CC=C1C(F)(F)F. The number of likely N-dealkylation sites (tertiary alicyclic amines) is 1. The molecule has 0 saturated carbocycles. The first-order valence-corrected chi connectivity index (χ1v) is 9.85. The zero-order chi connectivity index (χ0) is 21.3. The highest BCUT2D eigenvalue weighted by molar-refractivity contribution is 5.86. The average Bonchev–Trinajstić information content (AvgIpc) is 3.16. The predicted octanol–water partition coefficient (Wildman–Crippen LogP) is 3.70. The maximum Gasteiger partial charge on any atom is 0.431 e. The van der Waals surface area contributed by atoms with Crippen LogP contribution >= 0.6 is 0 Å². The Kier molecular flexibility index (Phi) is 5.55.